The summed E-state index contributed by atoms with van der Waals surface area (Å²) in [6.45, 7) is 0. The van der Waals surface area contributed by atoms with E-state index < -0.39 is 11.7 Å². The third-order valence-electron chi connectivity index (χ3n) is 3.31. The van der Waals surface area contributed by atoms with Crippen LogP contribution in [-0.2, 0) is 6.18 Å². The highest BCUT2D eigenvalue weighted by atomic mass is 79.9. The lowest BCUT2D eigenvalue weighted by Crippen LogP contribution is -2.07. The molecular formula is C16H12BrF3N6. The van der Waals surface area contributed by atoms with E-state index in [0.717, 1.165) is 16.6 Å². The number of benzene rings is 1. The molecule has 0 saturated heterocycles. The second-order valence-corrected chi connectivity index (χ2v) is 6.09. The maximum atomic E-state index is 12.8. The molecule has 0 amide bonds. The molecule has 0 spiro atoms. The molecule has 0 unspecified atom stereocenters. The van der Waals surface area contributed by atoms with E-state index in [1.807, 2.05) is 0 Å². The SMILES string of the molecule is Nc1c(Nc2cccc(C(F)(F)F)c2)ncnc1Nc1ccc(Br)cn1. The van der Waals surface area contributed by atoms with Crippen LogP contribution in [0.3, 0.4) is 0 Å². The van der Waals surface area contributed by atoms with E-state index in [1.165, 1.54) is 18.5 Å². The molecule has 4 N–H and O–H groups in total. The Morgan fingerprint density at radius 3 is 2.35 bits per heavy atom. The summed E-state index contributed by atoms with van der Waals surface area (Å²) in [7, 11) is 0. The van der Waals surface area contributed by atoms with Crippen LogP contribution >= 0.6 is 15.9 Å². The van der Waals surface area contributed by atoms with E-state index in [4.69, 9.17) is 5.73 Å². The third kappa shape index (κ3) is 4.20. The van der Waals surface area contributed by atoms with Gasteiger partial charge in [-0.1, -0.05) is 6.07 Å². The van der Waals surface area contributed by atoms with Gasteiger partial charge >= 0.3 is 6.18 Å². The zero-order chi connectivity index (χ0) is 18.7. The molecule has 0 atom stereocenters. The molecule has 0 saturated carbocycles. The predicted molar refractivity (Wildman–Crippen MR) is 96.4 cm³/mol. The monoisotopic (exact) mass is 424 g/mol. The first-order chi connectivity index (χ1) is 12.3. The highest BCUT2D eigenvalue weighted by molar-refractivity contribution is 9.10. The van der Waals surface area contributed by atoms with Crippen molar-refractivity contribution in [2.75, 3.05) is 16.4 Å². The smallest absolute Gasteiger partial charge is 0.393 e. The van der Waals surface area contributed by atoms with E-state index >= 15 is 0 Å². The van der Waals surface area contributed by atoms with Crippen LogP contribution in [-0.4, -0.2) is 15.0 Å². The van der Waals surface area contributed by atoms with Crippen molar-refractivity contribution in [3.05, 3.63) is 59.0 Å². The van der Waals surface area contributed by atoms with Gasteiger partial charge in [0.25, 0.3) is 0 Å². The molecule has 1 aromatic carbocycles. The van der Waals surface area contributed by atoms with Crippen LogP contribution in [0.25, 0.3) is 0 Å². The van der Waals surface area contributed by atoms with Gasteiger partial charge in [0.2, 0.25) is 0 Å². The topological polar surface area (TPSA) is 88.8 Å². The van der Waals surface area contributed by atoms with E-state index in [0.29, 0.717) is 5.82 Å². The van der Waals surface area contributed by atoms with Gasteiger partial charge in [-0.15, -0.1) is 0 Å². The van der Waals surface area contributed by atoms with Gasteiger partial charge in [0, 0.05) is 16.4 Å². The summed E-state index contributed by atoms with van der Waals surface area (Å²) in [4.78, 5) is 12.2. The molecule has 0 aliphatic carbocycles. The summed E-state index contributed by atoms with van der Waals surface area (Å²) in [6.07, 6.45) is -1.59. The van der Waals surface area contributed by atoms with Crippen LogP contribution in [0.5, 0.6) is 0 Å². The molecule has 0 aliphatic rings. The zero-order valence-corrected chi connectivity index (χ0v) is 14.6. The van der Waals surface area contributed by atoms with Gasteiger partial charge in [0.05, 0.1) is 5.56 Å². The summed E-state index contributed by atoms with van der Waals surface area (Å²) in [5.41, 5.74) is 5.61. The highest BCUT2D eigenvalue weighted by Crippen LogP contribution is 2.32. The van der Waals surface area contributed by atoms with E-state index in [1.54, 1.807) is 18.3 Å². The molecule has 0 fully saturated rings. The molecule has 10 heteroatoms. The van der Waals surface area contributed by atoms with Crippen LogP contribution < -0.4 is 16.4 Å². The van der Waals surface area contributed by atoms with Crippen molar-refractivity contribution in [3.63, 3.8) is 0 Å². The minimum Gasteiger partial charge on any atom is -0.393 e. The summed E-state index contributed by atoms with van der Waals surface area (Å²) < 4.78 is 39.3. The van der Waals surface area contributed by atoms with Gasteiger partial charge in [-0.2, -0.15) is 13.2 Å². The van der Waals surface area contributed by atoms with Crippen LogP contribution in [0.15, 0.2) is 53.4 Å². The predicted octanol–water partition coefficient (Wildman–Crippen LogP) is 4.72. The number of nitrogen functional groups attached to an aromatic ring is 1. The maximum Gasteiger partial charge on any atom is 0.416 e. The fraction of sp³-hybridized carbons (Fsp3) is 0.0625. The standard InChI is InChI=1S/C16H12BrF3N6/c17-10-4-5-12(22-7-10)26-15-13(21)14(23-8-24-15)25-11-3-1-2-9(6-11)16(18,19)20/h1-8H,21H2,(H2,22,23,24,25,26). The summed E-state index contributed by atoms with van der Waals surface area (Å²) in [5.74, 6) is 0.965. The number of alkyl halides is 3. The van der Waals surface area contributed by atoms with Crippen LogP contribution in [0.2, 0.25) is 0 Å². The van der Waals surface area contributed by atoms with Crippen molar-refractivity contribution >= 4 is 44.8 Å². The van der Waals surface area contributed by atoms with Crippen LogP contribution in [0.4, 0.5) is 42.0 Å². The second-order valence-electron chi connectivity index (χ2n) is 5.17. The molecule has 3 aromatic rings. The molecule has 0 aliphatic heterocycles. The molecule has 3 rings (SSSR count). The number of rotatable bonds is 4. The fourth-order valence-corrected chi connectivity index (χ4v) is 2.31. The molecule has 134 valence electrons. The number of nitrogens with one attached hydrogen (secondary N) is 2. The lowest BCUT2D eigenvalue weighted by atomic mass is 10.2. The Labute approximate surface area is 154 Å². The number of nitrogens with zero attached hydrogens (tertiary/aromatic N) is 3. The van der Waals surface area contributed by atoms with Gasteiger partial charge in [-0.25, -0.2) is 15.0 Å². The van der Waals surface area contributed by atoms with Gasteiger partial charge in [0.1, 0.15) is 17.8 Å². The zero-order valence-electron chi connectivity index (χ0n) is 13.0. The lowest BCUT2D eigenvalue weighted by molar-refractivity contribution is -0.137. The van der Waals surface area contributed by atoms with Gasteiger partial charge < -0.3 is 16.4 Å². The molecule has 0 bridgehead atoms. The number of pyridine rings is 1. The summed E-state index contributed by atoms with van der Waals surface area (Å²) in [5, 5.41) is 5.71. The number of hydrogen-bond donors (Lipinski definition) is 3. The third-order valence-corrected chi connectivity index (χ3v) is 3.78. The number of anilines is 5. The Morgan fingerprint density at radius 2 is 1.69 bits per heavy atom. The fourth-order valence-electron chi connectivity index (χ4n) is 2.08. The van der Waals surface area contributed by atoms with Crippen molar-refractivity contribution in [3.8, 4) is 0 Å². The Bertz CT molecular complexity index is 915. The highest BCUT2D eigenvalue weighted by Gasteiger charge is 2.30. The second kappa shape index (κ2) is 7.16. The number of nitrogens with two attached hydrogens (primary N) is 1. The normalized spacial score (nSPS) is 11.2. The number of halogens is 4. The quantitative estimate of drug-likeness (QED) is 0.561. The van der Waals surface area contributed by atoms with Crippen molar-refractivity contribution in [1.82, 2.24) is 15.0 Å². The minimum absolute atomic E-state index is 0.148. The first-order valence-electron chi connectivity index (χ1n) is 7.26. The van der Waals surface area contributed by atoms with Crippen LogP contribution in [0, 0.1) is 0 Å². The molecule has 26 heavy (non-hydrogen) atoms. The van der Waals surface area contributed by atoms with E-state index in [2.05, 4.69) is 41.5 Å². The molecular weight excluding hydrogens is 413 g/mol. The molecule has 2 aromatic heterocycles. The van der Waals surface area contributed by atoms with Gasteiger partial charge in [-0.05, 0) is 46.3 Å². The number of hydrogen-bond acceptors (Lipinski definition) is 6. The molecule has 0 radical (unpaired) electrons. The van der Waals surface area contributed by atoms with Crippen molar-refractivity contribution in [2.45, 2.75) is 6.18 Å². The lowest BCUT2D eigenvalue weighted by Gasteiger charge is -2.13. The Kier molecular flexibility index (Phi) is 4.94. The average Bonchev–Trinajstić information content (AvgIpc) is 2.60. The summed E-state index contributed by atoms with van der Waals surface area (Å²) >= 11 is 3.28. The van der Waals surface area contributed by atoms with Crippen molar-refractivity contribution in [2.24, 2.45) is 0 Å². The molecule has 6 nitrogen and oxygen atoms in total. The van der Waals surface area contributed by atoms with Gasteiger partial charge in [0.15, 0.2) is 11.6 Å². The first kappa shape index (κ1) is 17.9. The minimum atomic E-state index is -4.44. The Hall–Kier alpha value is -2.88. The Balaban J connectivity index is 1.84. The average molecular weight is 425 g/mol. The molecule has 2 heterocycles. The van der Waals surface area contributed by atoms with Crippen molar-refractivity contribution < 1.29 is 13.2 Å². The van der Waals surface area contributed by atoms with E-state index in [-0.39, 0.29) is 23.0 Å². The van der Waals surface area contributed by atoms with Gasteiger partial charge in [-0.3, -0.25) is 0 Å². The van der Waals surface area contributed by atoms with E-state index in [9.17, 15) is 13.2 Å². The first-order valence-corrected chi connectivity index (χ1v) is 8.05. The summed E-state index contributed by atoms with van der Waals surface area (Å²) in [6, 6.07) is 8.25. The number of aromatic nitrogens is 3. The Morgan fingerprint density at radius 1 is 0.962 bits per heavy atom. The van der Waals surface area contributed by atoms with Crippen molar-refractivity contribution in [1.29, 1.82) is 0 Å². The maximum absolute atomic E-state index is 12.8. The van der Waals surface area contributed by atoms with Crippen LogP contribution in [0.1, 0.15) is 5.56 Å². The largest absolute Gasteiger partial charge is 0.416 e.